The molecular formula is C28H39N5O2. The smallest absolute Gasteiger partial charge is 0.321 e. The topological polar surface area (TPSA) is 81.6 Å². The van der Waals surface area contributed by atoms with Crippen LogP contribution in [-0.4, -0.2) is 75.7 Å². The van der Waals surface area contributed by atoms with Gasteiger partial charge >= 0.3 is 5.97 Å². The molecule has 2 N–H and O–H groups in total. The van der Waals surface area contributed by atoms with Crippen LogP contribution in [0.5, 0.6) is 0 Å². The third-order valence-corrected chi connectivity index (χ3v) is 8.42. The summed E-state index contributed by atoms with van der Waals surface area (Å²) in [4.78, 5) is 26.0. The molecule has 7 nitrogen and oxygen atoms in total. The van der Waals surface area contributed by atoms with Gasteiger partial charge in [-0.15, -0.1) is 0 Å². The molecule has 5 rings (SSSR count). The van der Waals surface area contributed by atoms with E-state index in [1.807, 2.05) is 6.07 Å². The molecule has 0 radical (unpaired) electrons. The Balaban J connectivity index is 1.24. The molecule has 7 heteroatoms. The molecular weight excluding hydrogens is 438 g/mol. The number of carbonyl (C=O) groups is 1. The lowest BCUT2D eigenvalue weighted by molar-refractivity contribution is -0.145. The van der Waals surface area contributed by atoms with Gasteiger partial charge in [0, 0.05) is 57.1 Å². The van der Waals surface area contributed by atoms with Crippen molar-refractivity contribution < 1.29 is 9.90 Å². The minimum atomic E-state index is -0.626. The fraction of sp³-hybridized carbons (Fsp3) is 0.607. The Morgan fingerprint density at radius 1 is 0.971 bits per heavy atom. The average molecular weight is 478 g/mol. The van der Waals surface area contributed by atoms with Crippen molar-refractivity contribution in [1.82, 2.24) is 19.8 Å². The van der Waals surface area contributed by atoms with Gasteiger partial charge in [-0.2, -0.15) is 0 Å². The highest BCUT2D eigenvalue weighted by Crippen LogP contribution is 2.38. The largest absolute Gasteiger partial charge is 0.480 e. The van der Waals surface area contributed by atoms with E-state index in [2.05, 4.69) is 55.4 Å². The van der Waals surface area contributed by atoms with Gasteiger partial charge in [-0.1, -0.05) is 49.6 Å². The standard InChI is InChI=1S/C28H39N5O2/c34-27(35)26(22-10-5-2-6-11-22)33-19-23(25(20-33)21-8-3-1-4-9-21)18-32-16-12-24(13-17-32)31-28-29-14-7-15-30-28/h1,3-4,7-9,14-15,22-26H,2,5-6,10-13,16-20H2,(H,34,35)(H,29,30,31). The monoisotopic (exact) mass is 477 g/mol. The number of hydrogen-bond acceptors (Lipinski definition) is 6. The number of aromatic nitrogens is 2. The van der Waals surface area contributed by atoms with E-state index in [4.69, 9.17) is 0 Å². The minimum Gasteiger partial charge on any atom is -0.480 e. The third-order valence-electron chi connectivity index (χ3n) is 8.42. The van der Waals surface area contributed by atoms with Crippen LogP contribution >= 0.6 is 0 Å². The fourth-order valence-corrected chi connectivity index (χ4v) is 6.65. The van der Waals surface area contributed by atoms with Crippen LogP contribution in [-0.2, 0) is 4.79 Å². The molecule has 2 aromatic rings. The number of likely N-dealkylation sites (tertiary alicyclic amines) is 2. The predicted molar refractivity (Wildman–Crippen MR) is 137 cm³/mol. The van der Waals surface area contributed by atoms with Gasteiger partial charge in [0.2, 0.25) is 5.95 Å². The predicted octanol–water partition coefficient (Wildman–Crippen LogP) is 4.10. The molecule has 0 amide bonds. The summed E-state index contributed by atoms with van der Waals surface area (Å²) in [7, 11) is 0. The van der Waals surface area contributed by atoms with E-state index < -0.39 is 5.97 Å². The van der Waals surface area contributed by atoms with Crippen molar-refractivity contribution in [1.29, 1.82) is 0 Å². The van der Waals surface area contributed by atoms with Crippen LogP contribution < -0.4 is 5.32 Å². The van der Waals surface area contributed by atoms with Gasteiger partial charge in [-0.3, -0.25) is 9.69 Å². The number of carboxylic acid groups (broad SMARTS) is 1. The first-order chi connectivity index (χ1) is 17.2. The van der Waals surface area contributed by atoms with Crippen molar-refractivity contribution in [3.63, 3.8) is 0 Å². The molecule has 3 atom stereocenters. The van der Waals surface area contributed by atoms with Crippen molar-refractivity contribution in [2.75, 3.05) is 38.0 Å². The van der Waals surface area contributed by atoms with Gasteiger partial charge in [0.1, 0.15) is 6.04 Å². The zero-order chi connectivity index (χ0) is 24.0. The highest BCUT2D eigenvalue weighted by atomic mass is 16.4. The number of anilines is 1. The van der Waals surface area contributed by atoms with Gasteiger partial charge in [-0.25, -0.2) is 9.97 Å². The Kier molecular flexibility index (Phi) is 7.94. The SMILES string of the molecule is O=C(O)C(C1CCCCC1)N1CC(CN2CCC(Nc3ncccn3)CC2)C(c2ccccc2)C1. The number of nitrogens with zero attached hydrogens (tertiary/aromatic N) is 4. The Hall–Kier alpha value is -2.51. The third kappa shape index (κ3) is 6.01. The first kappa shape index (κ1) is 24.2. The van der Waals surface area contributed by atoms with E-state index in [9.17, 15) is 9.90 Å². The zero-order valence-electron chi connectivity index (χ0n) is 20.6. The van der Waals surface area contributed by atoms with E-state index in [0.29, 0.717) is 29.7 Å². The second kappa shape index (κ2) is 11.5. The van der Waals surface area contributed by atoms with Crippen LogP contribution in [0.3, 0.4) is 0 Å². The molecule has 3 fully saturated rings. The zero-order valence-corrected chi connectivity index (χ0v) is 20.6. The molecule has 3 aliphatic rings. The van der Waals surface area contributed by atoms with E-state index in [0.717, 1.165) is 58.4 Å². The highest BCUT2D eigenvalue weighted by Gasteiger charge is 2.43. The molecule has 1 saturated carbocycles. The molecule has 3 unspecified atom stereocenters. The number of piperidine rings is 1. The first-order valence-corrected chi connectivity index (χ1v) is 13.4. The molecule has 188 valence electrons. The number of carboxylic acids is 1. The molecule has 2 aliphatic heterocycles. The van der Waals surface area contributed by atoms with E-state index >= 15 is 0 Å². The Labute approximate surface area is 209 Å². The fourth-order valence-electron chi connectivity index (χ4n) is 6.65. The van der Waals surface area contributed by atoms with E-state index in [1.165, 1.54) is 24.8 Å². The summed E-state index contributed by atoms with van der Waals surface area (Å²) in [6.07, 6.45) is 11.4. The summed E-state index contributed by atoms with van der Waals surface area (Å²) in [6, 6.07) is 12.7. The Morgan fingerprint density at radius 3 is 2.37 bits per heavy atom. The van der Waals surface area contributed by atoms with Crippen molar-refractivity contribution in [2.45, 2.75) is 62.9 Å². The molecule has 3 heterocycles. The summed E-state index contributed by atoms with van der Waals surface area (Å²) in [6.45, 7) is 4.86. The summed E-state index contributed by atoms with van der Waals surface area (Å²) in [5, 5.41) is 13.7. The van der Waals surface area contributed by atoms with Crippen LogP contribution in [0.25, 0.3) is 0 Å². The van der Waals surface area contributed by atoms with Crippen molar-refractivity contribution in [3.8, 4) is 0 Å². The number of hydrogen-bond donors (Lipinski definition) is 2. The normalized spacial score (nSPS) is 25.9. The van der Waals surface area contributed by atoms with E-state index in [1.54, 1.807) is 12.4 Å². The van der Waals surface area contributed by atoms with Gasteiger partial charge in [0.15, 0.2) is 0 Å². The quantitative estimate of drug-likeness (QED) is 0.592. The number of rotatable bonds is 8. The van der Waals surface area contributed by atoms with Crippen LogP contribution in [0.1, 0.15) is 56.4 Å². The van der Waals surface area contributed by atoms with Crippen LogP contribution in [0.4, 0.5) is 5.95 Å². The number of nitrogens with one attached hydrogen (secondary N) is 1. The van der Waals surface area contributed by atoms with Gasteiger partial charge in [0.25, 0.3) is 0 Å². The van der Waals surface area contributed by atoms with Crippen LogP contribution in [0.2, 0.25) is 0 Å². The van der Waals surface area contributed by atoms with Crippen LogP contribution in [0, 0.1) is 11.8 Å². The summed E-state index contributed by atoms with van der Waals surface area (Å²) < 4.78 is 0. The lowest BCUT2D eigenvalue weighted by Crippen LogP contribution is -2.46. The van der Waals surface area contributed by atoms with Gasteiger partial charge in [0.05, 0.1) is 0 Å². The molecule has 0 bridgehead atoms. The molecule has 35 heavy (non-hydrogen) atoms. The maximum Gasteiger partial charge on any atom is 0.321 e. The summed E-state index contributed by atoms with van der Waals surface area (Å²) >= 11 is 0. The maximum atomic E-state index is 12.4. The van der Waals surface area contributed by atoms with E-state index in [-0.39, 0.29) is 6.04 Å². The van der Waals surface area contributed by atoms with Crippen molar-refractivity contribution in [2.24, 2.45) is 11.8 Å². The molecule has 0 spiro atoms. The lowest BCUT2D eigenvalue weighted by Gasteiger charge is -2.35. The summed E-state index contributed by atoms with van der Waals surface area (Å²) in [5.41, 5.74) is 1.35. The molecule has 2 saturated heterocycles. The Bertz CT molecular complexity index is 929. The second-order valence-corrected chi connectivity index (χ2v) is 10.7. The maximum absolute atomic E-state index is 12.4. The van der Waals surface area contributed by atoms with Crippen molar-refractivity contribution in [3.05, 3.63) is 54.4 Å². The molecule has 1 aliphatic carbocycles. The summed E-state index contributed by atoms with van der Waals surface area (Å²) in [5.74, 6) is 1.21. The molecule has 1 aromatic carbocycles. The average Bonchev–Trinajstić information content (AvgIpc) is 3.30. The number of aliphatic carboxylic acids is 1. The van der Waals surface area contributed by atoms with Crippen LogP contribution in [0.15, 0.2) is 48.8 Å². The minimum absolute atomic E-state index is 0.290. The Morgan fingerprint density at radius 2 is 1.69 bits per heavy atom. The van der Waals surface area contributed by atoms with Crippen molar-refractivity contribution >= 4 is 11.9 Å². The van der Waals surface area contributed by atoms with Gasteiger partial charge < -0.3 is 15.3 Å². The number of benzene rings is 1. The second-order valence-electron chi connectivity index (χ2n) is 10.7. The molecule has 1 aromatic heterocycles. The highest BCUT2D eigenvalue weighted by molar-refractivity contribution is 5.74. The lowest BCUT2D eigenvalue weighted by atomic mass is 9.83. The first-order valence-electron chi connectivity index (χ1n) is 13.4. The van der Waals surface area contributed by atoms with Gasteiger partial charge in [-0.05, 0) is 49.1 Å².